The molecule has 6 nitrogen and oxygen atoms in total. The first-order chi connectivity index (χ1) is 22.5. The Labute approximate surface area is 294 Å². The van der Waals surface area contributed by atoms with Crippen LogP contribution in [0.15, 0.2) is 66.7 Å². The molecule has 4 N–H and O–H groups in total. The van der Waals surface area contributed by atoms with Crippen LogP contribution in [-0.4, -0.2) is 36.6 Å². The summed E-state index contributed by atoms with van der Waals surface area (Å²) in [5.41, 5.74) is 8.65. The average molecular weight is 843 g/mol. The zero-order valence-electron chi connectivity index (χ0n) is 26.8. The van der Waals surface area contributed by atoms with Gasteiger partial charge in [-0.3, -0.25) is 4.79 Å². The number of aryl methyl sites for hydroxylation is 1. The van der Waals surface area contributed by atoms with Gasteiger partial charge in [0, 0.05) is 19.6 Å². The summed E-state index contributed by atoms with van der Waals surface area (Å²) in [7, 11) is 0. The number of rotatable bonds is 8. The smallest absolute Gasteiger partial charge is 0.370 e. The zero-order valence-corrected chi connectivity index (χ0v) is 29.8. The third-order valence-corrected chi connectivity index (χ3v) is 9.76. The van der Waals surface area contributed by atoms with Crippen LogP contribution in [0.4, 0.5) is 35.1 Å². The van der Waals surface area contributed by atoms with E-state index in [2.05, 4.69) is 0 Å². The second-order valence-electron chi connectivity index (χ2n) is 10.1. The van der Waals surface area contributed by atoms with Crippen molar-refractivity contribution in [3.63, 3.8) is 0 Å². The maximum Gasteiger partial charge on any atom is 0.416 e. The van der Waals surface area contributed by atoms with Gasteiger partial charge in [-0.1, -0.05) is 6.07 Å². The van der Waals surface area contributed by atoms with Crippen molar-refractivity contribution in [2.75, 3.05) is 24.7 Å². The molecule has 1 aliphatic rings. The molecule has 1 heterocycles. The Bertz CT molecular complexity index is 1400. The number of carbonyl (C=O) groups excluding carboxylic acids is 2. The summed E-state index contributed by atoms with van der Waals surface area (Å²) in [5.74, 6) is -1.67. The van der Waals surface area contributed by atoms with Crippen molar-refractivity contribution in [3.05, 3.63) is 104 Å². The Hall–Kier alpha value is -3.02. The van der Waals surface area contributed by atoms with Gasteiger partial charge in [-0.05, 0) is 79.3 Å². The van der Waals surface area contributed by atoms with Gasteiger partial charge < -0.3 is 16.2 Å². The van der Waals surface area contributed by atoms with Gasteiger partial charge >= 0.3 is 92.2 Å². The fourth-order valence-corrected chi connectivity index (χ4v) is 6.46. The van der Waals surface area contributed by atoms with Crippen LogP contribution in [0.25, 0.3) is 0 Å². The third kappa shape index (κ3) is 20.3. The Kier molecular flexibility index (Phi) is 22.0. The first-order valence-electron chi connectivity index (χ1n) is 14.5. The number of carbonyl (C=O) groups is 2. The molecule has 49 heavy (non-hydrogen) atoms. The standard InChI is InChI=1S/C11H11F4NO.C9H9F4N.C9H11IO2.C4H8O.ClH/c12-6-8-3-7(1-2-10(16)17)4-9(5-8)11(13,14)15;10-8-4-6(1-2-14)3-7(5-8)9(11,12)13;1-8(11)12-10(2)9-6-4-3-5-7-9;1-2-4-5-3-1;/h3-5H,1-2,6H2,(H2,16,17);3-5H,1-2,14H2;3-7H,1-2H3;1-4H2;1H. The van der Waals surface area contributed by atoms with Gasteiger partial charge in [0.1, 0.15) is 12.5 Å². The number of ether oxygens (including phenoxy) is 1. The quantitative estimate of drug-likeness (QED) is 0.134. The molecule has 0 aliphatic carbocycles. The predicted octanol–water partition coefficient (Wildman–Crippen LogP) is 8.63. The summed E-state index contributed by atoms with van der Waals surface area (Å²) < 4.78 is 110. The first kappa shape index (κ1) is 46.0. The molecule has 0 atom stereocenters. The Morgan fingerprint density at radius 2 is 1.35 bits per heavy atom. The molecule has 3 aromatic carbocycles. The van der Waals surface area contributed by atoms with E-state index < -0.39 is 62.1 Å². The monoisotopic (exact) mass is 842 g/mol. The molecule has 3 aromatic rings. The average Bonchev–Trinajstić information content (AvgIpc) is 3.60. The SMILES string of the molecule is C1CCOC1.CC(=O)OI(C)c1ccccc1.Cl.NC(=O)CCc1cc(CF)cc(C(F)(F)F)c1.NCCc1cc(F)cc(C(F)(F)F)c1. The van der Waals surface area contributed by atoms with Gasteiger partial charge in [0.05, 0.1) is 11.1 Å². The van der Waals surface area contributed by atoms with Crippen molar-refractivity contribution in [1.29, 1.82) is 0 Å². The normalized spacial score (nSPS) is 12.4. The van der Waals surface area contributed by atoms with Crippen LogP contribution in [0.1, 0.15) is 54.0 Å². The first-order valence-corrected chi connectivity index (χ1v) is 18.6. The molecule has 16 heteroatoms. The maximum absolute atomic E-state index is 12.7. The third-order valence-electron chi connectivity index (χ3n) is 6.00. The predicted molar refractivity (Wildman–Crippen MR) is 182 cm³/mol. The van der Waals surface area contributed by atoms with E-state index in [9.17, 15) is 44.7 Å². The number of hydrogen-bond acceptors (Lipinski definition) is 5. The van der Waals surface area contributed by atoms with Crippen LogP contribution in [0, 0.1) is 9.39 Å². The topological polar surface area (TPSA) is 105 Å². The van der Waals surface area contributed by atoms with Gasteiger partial charge in [-0.2, -0.15) is 26.3 Å². The molecule has 0 radical (unpaired) electrons. The minimum Gasteiger partial charge on any atom is -0.370 e. The van der Waals surface area contributed by atoms with E-state index in [1.807, 2.05) is 35.3 Å². The van der Waals surface area contributed by atoms with Crippen molar-refractivity contribution in [1.82, 2.24) is 0 Å². The molecule has 1 aliphatic heterocycles. The Morgan fingerprint density at radius 1 is 0.837 bits per heavy atom. The fourth-order valence-electron chi connectivity index (χ4n) is 3.85. The van der Waals surface area contributed by atoms with Gasteiger partial charge in [0.2, 0.25) is 5.91 Å². The second kappa shape index (κ2) is 23.4. The minimum absolute atomic E-state index is 0. The fraction of sp³-hybridized carbons (Fsp3) is 0.394. The van der Waals surface area contributed by atoms with E-state index in [-0.39, 0.29) is 60.9 Å². The molecule has 1 saturated heterocycles. The maximum atomic E-state index is 12.7. The van der Waals surface area contributed by atoms with E-state index in [1.54, 1.807) is 0 Å². The molecule has 0 bridgehead atoms. The number of alkyl halides is 8. The Morgan fingerprint density at radius 3 is 1.78 bits per heavy atom. The second-order valence-corrected chi connectivity index (χ2v) is 14.2. The van der Waals surface area contributed by atoms with Crippen LogP contribution < -0.4 is 11.5 Å². The van der Waals surface area contributed by atoms with E-state index in [4.69, 9.17) is 19.3 Å². The van der Waals surface area contributed by atoms with Crippen molar-refractivity contribution >= 4 is 44.5 Å². The van der Waals surface area contributed by atoms with Crippen LogP contribution >= 0.6 is 32.6 Å². The summed E-state index contributed by atoms with van der Waals surface area (Å²) in [6.07, 6.45) is -6.22. The summed E-state index contributed by atoms with van der Waals surface area (Å²) in [5, 5.41) is 0. The molecular formula is C33H40ClF8IN2O4. The number of primary amides is 1. The van der Waals surface area contributed by atoms with E-state index in [0.717, 1.165) is 37.5 Å². The van der Waals surface area contributed by atoms with Crippen LogP contribution in [0.2, 0.25) is 0 Å². The number of nitrogens with two attached hydrogens (primary N) is 2. The van der Waals surface area contributed by atoms with E-state index in [1.165, 1.54) is 29.4 Å². The summed E-state index contributed by atoms with van der Waals surface area (Å²) in [6.45, 7) is 2.67. The molecule has 0 spiro atoms. The van der Waals surface area contributed by atoms with E-state index >= 15 is 0 Å². The van der Waals surface area contributed by atoms with Crippen LogP contribution in [-0.2, 0) is 49.3 Å². The minimum atomic E-state index is -4.52. The van der Waals surface area contributed by atoms with Gasteiger partial charge in [-0.25, -0.2) is 8.78 Å². The molecule has 1 fully saturated rings. The molecular weight excluding hydrogens is 803 g/mol. The van der Waals surface area contributed by atoms with Crippen molar-refractivity contribution < 1.29 is 52.5 Å². The molecule has 4 rings (SSSR count). The largest absolute Gasteiger partial charge is 0.416 e. The summed E-state index contributed by atoms with van der Waals surface area (Å²) >= 11 is -1.64. The molecule has 0 unspecified atom stereocenters. The number of hydrogen-bond donors (Lipinski definition) is 2. The van der Waals surface area contributed by atoms with Crippen LogP contribution in [0.3, 0.4) is 0 Å². The van der Waals surface area contributed by atoms with Gasteiger partial charge in [0.15, 0.2) is 0 Å². The summed E-state index contributed by atoms with van der Waals surface area (Å²) in [4.78, 5) is 23.2. The number of halogens is 10. The summed E-state index contributed by atoms with van der Waals surface area (Å²) in [6, 6.07) is 15.3. The molecule has 0 saturated carbocycles. The molecule has 1 amide bonds. The van der Waals surface area contributed by atoms with E-state index in [0.29, 0.717) is 6.07 Å². The van der Waals surface area contributed by atoms with Crippen molar-refractivity contribution in [3.8, 4) is 0 Å². The zero-order chi connectivity index (χ0) is 36.3. The number of benzene rings is 3. The molecule has 276 valence electrons. The van der Waals surface area contributed by atoms with Crippen molar-refractivity contribution in [2.24, 2.45) is 11.5 Å². The molecule has 0 aromatic heterocycles. The van der Waals surface area contributed by atoms with Gasteiger partial charge in [-0.15, -0.1) is 12.4 Å². The van der Waals surface area contributed by atoms with Gasteiger partial charge in [0.25, 0.3) is 0 Å². The number of amides is 1. The van der Waals surface area contributed by atoms with Crippen LogP contribution in [0.5, 0.6) is 0 Å². The van der Waals surface area contributed by atoms with Crippen molar-refractivity contribution in [2.45, 2.75) is 58.1 Å². The Balaban J connectivity index is 0.000000657.